The molecule has 108 valence electrons. The normalized spacial score (nSPS) is 11.6. The molecule has 6 heteroatoms. The second-order valence-corrected chi connectivity index (χ2v) is 6.66. The molecular formula is C14H19N3O2S. The van der Waals surface area contributed by atoms with Crippen LogP contribution in [0, 0.1) is 13.8 Å². The van der Waals surface area contributed by atoms with E-state index in [4.69, 9.17) is 0 Å². The maximum atomic E-state index is 12.7. The van der Waals surface area contributed by atoms with Gasteiger partial charge in [-0.2, -0.15) is 5.10 Å². The van der Waals surface area contributed by atoms with E-state index in [-0.39, 0.29) is 4.90 Å². The van der Waals surface area contributed by atoms with Crippen molar-refractivity contribution in [2.75, 3.05) is 11.4 Å². The lowest BCUT2D eigenvalue weighted by Crippen LogP contribution is -2.27. The van der Waals surface area contributed by atoms with Gasteiger partial charge in [-0.15, -0.1) is 0 Å². The maximum Gasteiger partial charge on any atom is 0.267 e. The fraction of sp³-hybridized carbons (Fsp3) is 0.357. The van der Waals surface area contributed by atoms with E-state index in [1.54, 1.807) is 20.9 Å². The van der Waals surface area contributed by atoms with Gasteiger partial charge < -0.3 is 0 Å². The average molecular weight is 293 g/mol. The molecule has 2 aromatic rings. The van der Waals surface area contributed by atoms with E-state index in [9.17, 15) is 8.42 Å². The van der Waals surface area contributed by atoms with Crippen LogP contribution in [-0.2, 0) is 16.4 Å². The van der Waals surface area contributed by atoms with Gasteiger partial charge in [0.25, 0.3) is 10.0 Å². The molecule has 0 unspecified atom stereocenters. The second-order valence-electron chi connectivity index (χ2n) is 4.76. The zero-order valence-corrected chi connectivity index (χ0v) is 13.0. The summed E-state index contributed by atoms with van der Waals surface area (Å²) in [5, 5.41) is 6.67. The van der Waals surface area contributed by atoms with Crippen molar-refractivity contribution in [1.29, 1.82) is 0 Å². The molecule has 0 aliphatic carbocycles. The molecule has 1 heterocycles. The van der Waals surface area contributed by atoms with Crippen molar-refractivity contribution >= 4 is 15.7 Å². The standard InChI is InChI=1S/C14H19N3O2S/c1-5-12-6-8-13(9-7-12)17(4)20(18,19)14-10(2)15-16-11(14)3/h6-9H,5H2,1-4H3,(H,15,16). The molecule has 0 amide bonds. The van der Waals surface area contributed by atoms with Gasteiger partial charge in [0.1, 0.15) is 4.90 Å². The van der Waals surface area contributed by atoms with Gasteiger partial charge >= 0.3 is 0 Å². The number of rotatable bonds is 4. The lowest BCUT2D eigenvalue weighted by Gasteiger charge is -2.19. The van der Waals surface area contributed by atoms with Gasteiger partial charge in [0.05, 0.1) is 17.1 Å². The summed E-state index contributed by atoms with van der Waals surface area (Å²) in [6, 6.07) is 7.52. The Labute approximate surface area is 119 Å². The first-order valence-corrected chi connectivity index (χ1v) is 7.91. The van der Waals surface area contributed by atoms with Crippen molar-refractivity contribution in [2.24, 2.45) is 0 Å². The summed E-state index contributed by atoms with van der Waals surface area (Å²) in [6.45, 7) is 5.46. The van der Waals surface area contributed by atoms with Crippen LogP contribution in [0.25, 0.3) is 0 Å². The van der Waals surface area contributed by atoms with Crippen LogP contribution in [0.3, 0.4) is 0 Å². The van der Waals surface area contributed by atoms with Crippen molar-refractivity contribution < 1.29 is 8.42 Å². The fourth-order valence-electron chi connectivity index (χ4n) is 2.14. The highest BCUT2D eigenvalue weighted by molar-refractivity contribution is 7.92. The third-order valence-electron chi connectivity index (χ3n) is 3.39. The Morgan fingerprint density at radius 1 is 1.20 bits per heavy atom. The quantitative estimate of drug-likeness (QED) is 0.941. The number of hydrogen-bond acceptors (Lipinski definition) is 3. The highest BCUT2D eigenvalue weighted by atomic mass is 32.2. The first kappa shape index (κ1) is 14.6. The zero-order valence-electron chi connectivity index (χ0n) is 12.1. The van der Waals surface area contributed by atoms with Crippen LogP contribution < -0.4 is 4.31 Å². The molecule has 0 atom stereocenters. The van der Waals surface area contributed by atoms with E-state index in [2.05, 4.69) is 17.1 Å². The fourth-order valence-corrected chi connectivity index (χ4v) is 3.66. The van der Waals surface area contributed by atoms with E-state index in [1.165, 1.54) is 9.87 Å². The van der Waals surface area contributed by atoms with Crippen LogP contribution in [-0.4, -0.2) is 25.7 Å². The van der Waals surface area contributed by atoms with Crippen LogP contribution in [0.2, 0.25) is 0 Å². The molecule has 0 spiro atoms. The topological polar surface area (TPSA) is 66.1 Å². The minimum Gasteiger partial charge on any atom is -0.281 e. The van der Waals surface area contributed by atoms with Crippen molar-refractivity contribution in [2.45, 2.75) is 32.1 Å². The SMILES string of the molecule is CCc1ccc(N(C)S(=O)(=O)c2c(C)n[nH]c2C)cc1. The predicted octanol–water partition coefficient (Wildman–Crippen LogP) is 2.41. The third kappa shape index (κ3) is 2.43. The minimum absolute atomic E-state index is 0.250. The third-order valence-corrected chi connectivity index (χ3v) is 5.44. The Bertz CT molecular complexity index is 683. The van der Waals surface area contributed by atoms with Crippen LogP contribution in [0.1, 0.15) is 23.9 Å². The number of H-pyrrole nitrogens is 1. The van der Waals surface area contributed by atoms with Gasteiger partial charge in [0.2, 0.25) is 0 Å². The number of aromatic nitrogens is 2. The van der Waals surface area contributed by atoms with Crippen LogP contribution >= 0.6 is 0 Å². The van der Waals surface area contributed by atoms with Gasteiger partial charge in [-0.25, -0.2) is 8.42 Å². The number of hydrogen-bond donors (Lipinski definition) is 1. The summed E-state index contributed by atoms with van der Waals surface area (Å²) in [7, 11) is -2.03. The summed E-state index contributed by atoms with van der Waals surface area (Å²) < 4.78 is 26.6. The molecule has 0 bridgehead atoms. The summed E-state index contributed by atoms with van der Waals surface area (Å²) in [5.41, 5.74) is 2.86. The smallest absolute Gasteiger partial charge is 0.267 e. The van der Waals surface area contributed by atoms with Crippen LogP contribution in [0.4, 0.5) is 5.69 Å². The van der Waals surface area contributed by atoms with Crippen LogP contribution in [0.5, 0.6) is 0 Å². The number of nitrogens with one attached hydrogen (secondary N) is 1. The molecular weight excluding hydrogens is 274 g/mol. The monoisotopic (exact) mass is 293 g/mol. The van der Waals surface area contributed by atoms with Gasteiger partial charge in [-0.05, 0) is 38.0 Å². The lowest BCUT2D eigenvalue weighted by atomic mass is 10.1. The van der Waals surface area contributed by atoms with E-state index in [1.807, 2.05) is 24.3 Å². The molecule has 0 fully saturated rings. The molecule has 1 aromatic heterocycles. The largest absolute Gasteiger partial charge is 0.281 e. The summed E-state index contributed by atoms with van der Waals surface area (Å²) >= 11 is 0. The number of anilines is 1. The molecule has 1 aromatic carbocycles. The number of benzene rings is 1. The molecule has 0 aliphatic heterocycles. The van der Waals surface area contributed by atoms with E-state index >= 15 is 0 Å². The van der Waals surface area contributed by atoms with Crippen molar-refractivity contribution in [3.05, 3.63) is 41.2 Å². The van der Waals surface area contributed by atoms with Crippen molar-refractivity contribution in [1.82, 2.24) is 10.2 Å². The Morgan fingerprint density at radius 3 is 2.25 bits per heavy atom. The van der Waals surface area contributed by atoms with Gasteiger partial charge in [-0.3, -0.25) is 9.40 Å². The van der Waals surface area contributed by atoms with Gasteiger partial charge in [0.15, 0.2) is 0 Å². The highest BCUT2D eigenvalue weighted by Crippen LogP contribution is 2.25. The first-order chi connectivity index (χ1) is 9.37. The molecule has 0 saturated heterocycles. The Kier molecular flexibility index (Phi) is 3.85. The molecule has 0 saturated carbocycles. The predicted molar refractivity (Wildman–Crippen MR) is 79.5 cm³/mol. The van der Waals surface area contributed by atoms with Crippen LogP contribution in [0.15, 0.2) is 29.2 Å². The number of sulfonamides is 1. The Balaban J connectivity index is 2.43. The lowest BCUT2D eigenvalue weighted by molar-refractivity contribution is 0.593. The van der Waals surface area contributed by atoms with E-state index < -0.39 is 10.0 Å². The molecule has 20 heavy (non-hydrogen) atoms. The molecule has 5 nitrogen and oxygen atoms in total. The minimum atomic E-state index is -3.59. The van der Waals surface area contributed by atoms with Gasteiger partial charge in [0, 0.05) is 7.05 Å². The average Bonchev–Trinajstić information content (AvgIpc) is 2.78. The molecule has 1 N–H and O–H groups in total. The van der Waals surface area contributed by atoms with E-state index in [0.29, 0.717) is 17.1 Å². The Morgan fingerprint density at radius 2 is 1.80 bits per heavy atom. The Hall–Kier alpha value is -1.82. The number of nitrogens with zero attached hydrogens (tertiary/aromatic N) is 2. The van der Waals surface area contributed by atoms with Crippen molar-refractivity contribution in [3.8, 4) is 0 Å². The second kappa shape index (κ2) is 5.28. The first-order valence-electron chi connectivity index (χ1n) is 6.47. The molecule has 2 rings (SSSR count). The van der Waals surface area contributed by atoms with E-state index in [0.717, 1.165) is 6.42 Å². The zero-order chi connectivity index (χ0) is 14.9. The maximum absolute atomic E-state index is 12.7. The van der Waals surface area contributed by atoms with Gasteiger partial charge in [-0.1, -0.05) is 19.1 Å². The number of aryl methyl sites for hydroxylation is 3. The van der Waals surface area contributed by atoms with Crippen molar-refractivity contribution in [3.63, 3.8) is 0 Å². The summed E-state index contributed by atoms with van der Waals surface area (Å²) in [6.07, 6.45) is 0.927. The summed E-state index contributed by atoms with van der Waals surface area (Å²) in [4.78, 5) is 0.250. The highest BCUT2D eigenvalue weighted by Gasteiger charge is 2.27. The molecule has 0 aliphatic rings. The number of aromatic amines is 1. The summed E-state index contributed by atoms with van der Waals surface area (Å²) in [5.74, 6) is 0. The molecule has 0 radical (unpaired) electrons.